The fourth-order valence-electron chi connectivity index (χ4n) is 2.28. The van der Waals surface area contributed by atoms with E-state index in [1.807, 2.05) is 0 Å². The highest BCUT2D eigenvalue weighted by atomic mass is 16.1. The third-order valence-electron chi connectivity index (χ3n) is 3.17. The Hall–Kier alpha value is -1.90. The van der Waals surface area contributed by atoms with Crippen LogP contribution in [0.1, 0.15) is 17.0 Å². The number of hydrogen-bond acceptors (Lipinski definition) is 2. The van der Waals surface area contributed by atoms with E-state index in [0.29, 0.717) is 5.92 Å². The first kappa shape index (κ1) is 9.33. The summed E-state index contributed by atoms with van der Waals surface area (Å²) in [6.45, 7) is 0.740. The first-order valence-corrected chi connectivity index (χ1v) is 5.43. The Bertz CT molecular complexity index is 574. The molecule has 1 aliphatic rings. The lowest BCUT2D eigenvalue weighted by atomic mass is 9.77. The molecule has 3 rings (SSSR count). The minimum absolute atomic E-state index is 0.0272. The van der Waals surface area contributed by atoms with Gasteiger partial charge in [0.05, 0.1) is 6.33 Å². The van der Waals surface area contributed by atoms with Crippen LogP contribution in [0.2, 0.25) is 0 Å². The summed E-state index contributed by atoms with van der Waals surface area (Å²) in [5.41, 5.74) is 2.81. The number of fused-ring (bicyclic) bond motifs is 1. The van der Waals surface area contributed by atoms with Crippen LogP contribution in [0, 0.1) is 0 Å². The van der Waals surface area contributed by atoms with E-state index in [0.717, 1.165) is 13.0 Å². The van der Waals surface area contributed by atoms with Crippen LogP contribution in [0.25, 0.3) is 0 Å². The molecule has 0 spiro atoms. The largest absolute Gasteiger partial charge is 0.299 e. The quantitative estimate of drug-likeness (QED) is 0.757. The molecule has 3 heteroatoms. The van der Waals surface area contributed by atoms with Crippen molar-refractivity contribution in [2.75, 3.05) is 0 Å². The van der Waals surface area contributed by atoms with Gasteiger partial charge in [-0.15, -0.1) is 0 Å². The summed E-state index contributed by atoms with van der Waals surface area (Å²) in [5.74, 6) is 0.470. The normalized spacial score (nSPS) is 17.6. The van der Waals surface area contributed by atoms with Crippen molar-refractivity contribution in [1.82, 2.24) is 9.55 Å². The van der Waals surface area contributed by atoms with Gasteiger partial charge < -0.3 is 0 Å². The Kier molecular flexibility index (Phi) is 2.10. The highest BCUT2D eigenvalue weighted by Crippen LogP contribution is 2.35. The minimum Gasteiger partial charge on any atom is -0.299 e. The summed E-state index contributed by atoms with van der Waals surface area (Å²) in [5, 5.41) is 0. The van der Waals surface area contributed by atoms with Gasteiger partial charge in [-0.2, -0.15) is 0 Å². The summed E-state index contributed by atoms with van der Waals surface area (Å²) in [7, 11) is 0. The zero-order valence-electron chi connectivity index (χ0n) is 8.84. The van der Waals surface area contributed by atoms with Crippen LogP contribution < -0.4 is 5.56 Å². The molecule has 1 heterocycles. The van der Waals surface area contributed by atoms with Crippen molar-refractivity contribution >= 4 is 0 Å². The van der Waals surface area contributed by atoms with Crippen LogP contribution in [-0.4, -0.2) is 9.55 Å². The molecule has 1 aromatic heterocycles. The van der Waals surface area contributed by atoms with Crippen molar-refractivity contribution in [2.24, 2.45) is 0 Å². The minimum atomic E-state index is 0.0272. The van der Waals surface area contributed by atoms with Gasteiger partial charge in [0, 0.05) is 24.7 Å². The van der Waals surface area contributed by atoms with Gasteiger partial charge in [-0.25, -0.2) is 4.98 Å². The van der Waals surface area contributed by atoms with Gasteiger partial charge in [0.25, 0.3) is 5.56 Å². The van der Waals surface area contributed by atoms with Crippen molar-refractivity contribution < 1.29 is 0 Å². The third-order valence-corrected chi connectivity index (χ3v) is 3.17. The molecule has 1 atom stereocenters. The molecule has 2 aromatic rings. The topological polar surface area (TPSA) is 34.9 Å². The summed E-state index contributed by atoms with van der Waals surface area (Å²) in [6, 6.07) is 9.91. The molecule has 3 nitrogen and oxygen atoms in total. The van der Waals surface area contributed by atoms with E-state index in [-0.39, 0.29) is 5.56 Å². The van der Waals surface area contributed by atoms with E-state index in [4.69, 9.17) is 0 Å². The van der Waals surface area contributed by atoms with Gasteiger partial charge in [0.2, 0.25) is 0 Å². The van der Waals surface area contributed by atoms with E-state index in [1.54, 1.807) is 10.9 Å². The van der Waals surface area contributed by atoms with Crippen molar-refractivity contribution in [3.8, 4) is 0 Å². The van der Waals surface area contributed by atoms with Crippen molar-refractivity contribution in [1.29, 1.82) is 0 Å². The molecule has 0 amide bonds. The van der Waals surface area contributed by atoms with Gasteiger partial charge in [0.1, 0.15) is 0 Å². The first-order valence-electron chi connectivity index (χ1n) is 5.43. The van der Waals surface area contributed by atoms with E-state index >= 15 is 0 Å². The molecule has 16 heavy (non-hydrogen) atoms. The second kappa shape index (κ2) is 3.59. The van der Waals surface area contributed by atoms with Crippen molar-refractivity contribution in [2.45, 2.75) is 18.9 Å². The van der Waals surface area contributed by atoms with Gasteiger partial charge in [-0.3, -0.25) is 9.36 Å². The molecule has 0 N–H and O–H groups in total. The number of hydrogen-bond donors (Lipinski definition) is 0. The average Bonchev–Trinajstić information content (AvgIpc) is 2.28. The SMILES string of the molecule is O=c1ccncn1CC1Cc2ccccc21. The van der Waals surface area contributed by atoms with Crippen LogP contribution in [0.4, 0.5) is 0 Å². The fraction of sp³-hybridized carbons (Fsp3) is 0.231. The maximum Gasteiger partial charge on any atom is 0.253 e. The Labute approximate surface area is 93.4 Å². The number of rotatable bonds is 2. The van der Waals surface area contributed by atoms with Gasteiger partial charge in [0.15, 0.2) is 0 Å². The lowest BCUT2D eigenvalue weighted by Gasteiger charge is -2.30. The van der Waals surface area contributed by atoms with E-state index in [9.17, 15) is 4.79 Å². The second-order valence-corrected chi connectivity index (χ2v) is 4.17. The van der Waals surface area contributed by atoms with Crippen molar-refractivity contribution in [3.05, 3.63) is 64.3 Å². The summed E-state index contributed by atoms with van der Waals surface area (Å²) < 4.78 is 1.68. The zero-order valence-corrected chi connectivity index (χ0v) is 8.84. The molecular weight excluding hydrogens is 200 g/mol. The Morgan fingerprint density at radius 1 is 1.31 bits per heavy atom. The molecule has 0 bridgehead atoms. The smallest absolute Gasteiger partial charge is 0.253 e. The summed E-state index contributed by atoms with van der Waals surface area (Å²) in [4.78, 5) is 15.5. The molecule has 80 valence electrons. The Morgan fingerprint density at radius 2 is 2.19 bits per heavy atom. The van der Waals surface area contributed by atoms with E-state index in [2.05, 4.69) is 29.2 Å². The Morgan fingerprint density at radius 3 is 3.00 bits per heavy atom. The van der Waals surface area contributed by atoms with Gasteiger partial charge in [-0.05, 0) is 17.5 Å². The highest BCUT2D eigenvalue weighted by molar-refractivity contribution is 5.39. The molecule has 1 unspecified atom stereocenters. The summed E-state index contributed by atoms with van der Waals surface area (Å²) in [6.07, 6.45) is 4.22. The van der Waals surface area contributed by atoms with Crippen LogP contribution in [0.5, 0.6) is 0 Å². The van der Waals surface area contributed by atoms with Crippen LogP contribution >= 0.6 is 0 Å². The van der Waals surface area contributed by atoms with Crippen molar-refractivity contribution in [3.63, 3.8) is 0 Å². The Balaban J connectivity index is 1.85. The van der Waals surface area contributed by atoms with Crippen LogP contribution in [0.15, 0.2) is 47.7 Å². The number of benzene rings is 1. The maximum atomic E-state index is 11.5. The number of aromatic nitrogens is 2. The fourth-order valence-corrected chi connectivity index (χ4v) is 2.28. The monoisotopic (exact) mass is 212 g/mol. The van der Waals surface area contributed by atoms with Crippen LogP contribution in [0.3, 0.4) is 0 Å². The van der Waals surface area contributed by atoms with Gasteiger partial charge >= 0.3 is 0 Å². The van der Waals surface area contributed by atoms with E-state index in [1.165, 1.54) is 23.4 Å². The highest BCUT2D eigenvalue weighted by Gasteiger charge is 2.25. The molecular formula is C13H12N2O. The predicted molar refractivity (Wildman–Crippen MR) is 61.4 cm³/mol. The third kappa shape index (κ3) is 1.45. The lowest BCUT2D eigenvalue weighted by Crippen LogP contribution is -2.27. The lowest BCUT2D eigenvalue weighted by molar-refractivity contribution is 0.494. The molecule has 0 saturated heterocycles. The zero-order chi connectivity index (χ0) is 11.0. The standard InChI is InChI=1S/C13H12N2O/c16-13-5-6-14-9-15(13)8-11-7-10-3-1-2-4-12(10)11/h1-6,9,11H,7-8H2. The molecule has 1 aromatic carbocycles. The molecule has 0 radical (unpaired) electrons. The molecule has 0 saturated carbocycles. The number of nitrogens with zero attached hydrogens (tertiary/aromatic N) is 2. The van der Waals surface area contributed by atoms with Gasteiger partial charge in [-0.1, -0.05) is 24.3 Å². The average molecular weight is 212 g/mol. The first-order chi connectivity index (χ1) is 7.84. The molecule has 0 aliphatic heterocycles. The predicted octanol–water partition coefficient (Wildman–Crippen LogP) is 1.58. The molecule has 1 aliphatic carbocycles. The van der Waals surface area contributed by atoms with E-state index < -0.39 is 0 Å². The summed E-state index contributed by atoms with van der Waals surface area (Å²) >= 11 is 0. The molecule has 0 fully saturated rings. The maximum absolute atomic E-state index is 11.5. The second-order valence-electron chi connectivity index (χ2n) is 4.17. The van der Waals surface area contributed by atoms with Crippen LogP contribution in [-0.2, 0) is 13.0 Å².